The second-order valence-electron chi connectivity index (χ2n) is 4.42. The van der Waals surface area contributed by atoms with Gasteiger partial charge in [0.25, 0.3) is 0 Å². The van der Waals surface area contributed by atoms with Gasteiger partial charge in [-0.1, -0.05) is 32.3 Å². The van der Waals surface area contributed by atoms with Crippen LogP contribution < -0.4 is 4.74 Å². The van der Waals surface area contributed by atoms with Crippen LogP contribution in [0.25, 0.3) is 0 Å². The molecule has 1 unspecified atom stereocenters. The van der Waals surface area contributed by atoms with Crippen molar-refractivity contribution in [2.75, 3.05) is 0 Å². The maximum atomic E-state index is 5.74. The lowest BCUT2D eigenvalue weighted by Gasteiger charge is -2.13. The van der Waals surface area contributed by atoms with Gasteiger partial charge in [-0.05, 0) is 25.3 Å². The van der Waals surface area contributed by atoms with E-state index in [0.717, 1.165) is 12.0 Å². The lowest BCUT2D eigenvalue weighted by molar-refractivity contribution is 0.198. The van der Waals surface area contributed by atoms with Gasteiger partial charge in [0.1, 0.15) is 0 Å². The third-order valence-corrected chi connectivity index (χ3v) is 3.05. The van der Waals surface area contributed by atoms with Crippen LogP contribution in [0.3, 0.4) is 0 Å². The predicted molar refractivity (Wildman–Crippen MR) is 72.6 cm³/mol. The number of hydrogen-bond donors (Lipinski definition) is 0. The Morgan fingerprint density at radius 3 is 2.71 bits per heavy atom. The van der Waals surface area contributed by atoms with E-state index < -0.39 is 0 Å². The van der Waals surface area contributed by atoms with Crippen molar-refractivity contribution in [2.45, 2.75) is 57.9 Å². The molecular formula is C14H22ClNO. The Labute approximate surface area is 109 Å². The van der Waals surface area contributed by atoms with E-state index in [4.69, 9.17) is 16.3 Å². The summed E-state index contributed by atoms with van der Waals surface area (Å²) in [6.45, 7) is 4.32. The second-order valence-corrected chi connectivity index (χ2v) is 4.68. The summed E-state index contributed by atoms with van der Waals surface area (Å²) in [6, 6.07) is 3.85. The molecule has 0 N–H and O–H groups in total. The van der Waals surface area contributed by atoms with E-state index in [-0.39, 0.29) is 6.10 Å². The van der Waals surface area contributed by atoms with Gasteiger partial charge in [-0.2, -0.15) is 0 Å². The molecule has 96 valence electrons. The lowest BCUT2D eigenvalue weighted by Crippen LogP contribution is -2.12. The zero-order valence-corrected chi connectivity index (χ0v) is 11.5. The topological polar surface area (TPSA) is 22.1 Å². The van der Waals surface area contributed by atoms with Gasteiger partial charge in [-0.25, -0.2) is 4.98 Å². The quantitative estimate of drug-likeness (QED) is 0.502. The van der Waals surface area contributed by atoms with E-state index in [1.165, 1.54) is 25.7 Å². The molecular weight excluding hydrogens is 234 g/mol. The SMILES string of the molecule is CCCCCCC(C)Oc1ccc(CCl)cn1. The Hall–Kier alpha value is -0.760. The molecule has 0 aliphatic carbocycles. The highest BCUT2D eigenvalue weighted by atomic mass is 35.5. The molecule has 0 aromatic carbocycles. The molecule has 0 bridgehead atoms. The lowest BCUT2D eigenvalue weighted by atomic mass is 10.1. The largest absolute Gasteiger partial charge is 0.475 e. The number of ether oxygens (including phenoxy) is 1. The zero-order valence-electron chi connectivity index (χ0n) is 10.8. The fraction of sp³-hybridized carbons (Fsp3) is 0.643. The number of rotatable bonds is 8. The van der Waals surface area contributed by atoms with Crippen molar-refractivity contribution in [3.63, 3.8) is 0 Å². The molecule has 1 aromatic heterocycles. The molecule has 0 spiro atoms. The van der Waals surface area contributed by atoms with E-state index in [2.05, 4.69) is 18.8 Å². The molecule has 3 heteroatoms. The number of halogens is 1. The highest BCUT2D eigenvalue weighted by Crippen LogP contribution is 2.14. The van der Waals surface area contributed by atoms with Crippen molar-refractivity contribution in [2.24, 2.45) is 0 Å². The van der Waals surface area contributed by atoms with Crippen LogP contribution in [0.5, 0.6) is 5.88 Å². The molecule has 1 heterocycles. The van der Waals surface area contributed by atoms with E-state index in [9.17, 15) is 0 Å². The maximum absolute atomic E-state index is 5.74. The van der Waals surface area contributed by atoms with Crippen molar-refractivity contribution >= 4 is 11.6 Å². The Morgan fingerprint density at radius 2 is 2.12 bits per heavy atom. The third-order valence-electron chi connectivity index (χ3n) is 2.74. The van der Waals surface area contributed by atoms with Gasteiger partial charge in [0.05, 0.1) is 6.10 Å². The van der Waals surface area contributed by atoms with E-state index >= 15 is 0 Å². The highest BCUT2D eigenvalue weighted by molar-refractivity contribution is 6.17. The molecule has 17 heavy (non-hydrogen) atoms. The summed E-state index contributed by atoms with van der Waals surface area (Å²) in [4.78, 5) is 4.23. The molecule has 0 aliphatic rings. The monoisotopic (exact) mass is 255 g/mol. The molecule has 0 radical (unpaired) electrons. The molecule has 0 saturated carbocycles. The first-order chi connectivity index (χ1) is 8.26. The smallest absolute Gasteiger partial charge is 0.213 e. The second kappa shape index (κ2) is 8.35. The van der Waals surface area contributed by atoms with Crippen LogP contribution in [-0.4, -0.2) is 11.1 Å². The highest BCUT2D eigenvalue weighted by Gasteiger charge is 2.04. The van der Waals surface area contributed by atoms with E-state index in [0.29, 0.717) is 11.8 Å². The van der Waals surface area contributed by atoms with Crippen LogP contribution in [0.15, 0.2) is 18.3 Å². The normalized spacial score (nSPS) is 12.4. The molecule has 0 fully saturated rings. The predicted octanol–water partition coefficient (Wildman–Crippen LogP) is 4.56. The first-order valence-corrected chi connectivity index (χ1v) is 6.97. The Kier molecular flexibility index (Phi) is 7.02. The standard InChI is InChI=1S/C14H22ClNO/c1-3-4-5-6-7-12(2)17-14-9-8-13(10-15)11-16-14/h8-9,11-12H,3-7,10H2,1-2H3. The van der Waals surface area contributed by atoms with Crippen molar-refractivity contribution in [1.82, 2.24) is 4.98 Å². The van der Waals surface area contributed by atoms with Gasteiger partial charge < -0.3 is 4.74 Å². The van der Waals surface area contributed by atoms with Crippen molar-refractivity contribution < 1.29 is 4.74 Å². The number of nitrogens with zero attached hydrogens (tertiary/aromatic N) is 1. The summed E-state index contributed by atoms with van der Waals surface area (Å²) in [5.41, 5.74) is 1.02. The summed E-state index contributed by atoms with van der Waals surface area (Å²) in [7, 11) is 0. The number of aromatic nitrogens is 1. The molecule has 1 aromatic rings. The van der Waals surface area contributed by atoms with Crippen LogP contribution in [0, 0.1) is 0 Å². The number of hydrogen-bond acceptors (Lipinski definition) is 2. The van der Waals surface area contributed by atoms with Gasteiger partial charge in [0.2, 0.25) is 5.88 Å². The number of alkyl halides is 1. The zero-order chi connectivity index (χ0) is 12.5. The van der Waals surface area contributed by atoms with Crippen LogP contribution in [0.1, 0.15) is 51.5 Å². The van der Waals surface area contributed by atoms with E-state index in [1.54, 1.807) is 6.20 Å². The summed E-state index contributed by atoms with van der Waals surface area (Å²) in [5.74, 6) is 1.20. The average molecular weight is 256 g/mol. The van der Waals surface area contributed by atoms with E-state index in [1.807, 2.05) is 12.1 Å². The Bertz CT molecular complexity index is 300. The third kappa shape index (κ3) is 5.92. The molecule has 1 atom stereocenters. The molecule has 0 amide bonds. The van der Waals surface area contributed by atoms with Gasteiger partial charge >= 0.3 is 0 Å². The summed E-state index contributed by atoms with van der Waals surface area (Å²) in [6.07, 6.45) is 8.22. The minimum absolute atomic E-state index is 0.237. The summed E-state index contributed by atoms with van der Waals surface area (Å²) < 4.78 is 5.74. The van der Waals surface area contributed by atoms with Crippen molar-refractivity contribution in [3.8, 4) is 5.88 Å². The minimum Gasteiger partial charge on any atom is -0.475 e. The maximum Gasteiger partial charge on any atom is 0.213 e. The molecule has 0 aliphatic heterocycles. The first-order valence-electron chi connectivity index (χ1n) is 6.43. The number of unbranched alkanes of at least 4 members (excludes halogenated alkanes) is 3. The first kappa shape index (κ1) is 14.3. The summed E-state index contributed by atoms with van der Waals surface area (Å²) >= 11 is 5.70. The van der Waals surface area contributed by atoms with Crippen LogP contribution in [0.4, 0.5) is 0 Å². The van der Waals surface area contributed by atoms with Crippen molar-refractivity contribution in [1.29, 1.82) is 0 Å². The molecule has 2 nitrogen and oxygen atoms in total. The van der Waals surface area contributed by atoms with Crippen LogP contribution in [0.2, 0.25) is 0 Å². The Morgan fingerprint density at radius 1 is 1.29 bits per heavy atom. The van der Waals surface area contributed by atoms with Gasteiger partial charge in [-0.3, -0.25) is 0 Å². The fourth-order valence-electron chi connectivity index (χ4n) is 1.68. The summed E-state index contributed by atoms with van der Waals surface area (Å²) in [5, 5.41) is 0. The Balaban J connectivity index is 2.26. The minimum atomic E-state index is 0.237. The fourth-order valence-corrected chi connectivity index (χ4v) is 1.84. The van der Waals surface area contributed by atoms with Crippen LogP contribution >= 0.6 is 11.6 Å². The average Bonchev–Trinajstić information content (AvgIpc) is 2.36. The van der Waals surface area contributed by atoms with Gasteiger partial charge in [0, 0.05) is 18.1 Å². The molecule has 0 saturated heterocycles. The van der Waals surface area contributed by atoms with Crippen molar-refractivity contribution in [3.05, 3.63) is 23.9 Å². The van der Waals surface area contributed by atoms with Gasteiger partial charge in [-0.15, -0.1) is 11.6 Å². The van der Waals surface area contributed by atoms with Gasteiger partial charge in [0.15, 0.2) is 0 Å². The van der Waals surface area contributed by atoms with Crippen LogP contribution in [-0.2, 0) is 5.88 Å². The molecule has 1 rings (SSSR count). The number of pyridine rings is 1.